The van der Waals surface area contributed by atoms with E-state index in [1.165, 1.54) is 6.07 Å². The number of nitrogens with one attached hydrogen (secondary N) is 1. The minimum atomic E-state index is -0.685. The number of allylic oxidation sites excluding steroid dienone is 4. The predicted octanol–water partition coefficient (Wildman–Crippen LogP) is 3.55. The number of carbonyl (C=O) groups excluding carboxylic acids is 1. The summed E-state index contributed by atoms with van der Waals surface area (Å²) < 4.78 is 0. The van der Waals surface area contributed by atoms with Gasteiger partial charge < -0.3 is 11.1 Å². The third-order valence-corrected chi connectivity index (χ3v) is 2.58. The van der Waals surface area contributed by atoms with Crippen molar-refractivity contribution >= 4 is 34.8 Å². The lowest BCUT2D eigenvalue weighted by Crippen LogP contribution is -2.15. The zero-order chi connectivity index (χ0) is 14.4. The molecule has 0 spiro atoms. The molecule has 0 saturated heterocycles. The fourth-order valence-electron chi connectivity index (χ4n) is 1.42. The van der Waals surface area contributed by atoms with Crippen LogP contribution >= 0.6 is 23.2 Å². The molecule has 19 heavy (non-hydrogen) atoms. The highest BCUT2D eigenvalue weighted by atomic mass is 35.5. The number of anilines is 1. The number of hydrogen-bond acceptors (Lipinski definition) is 3. The molecule has 0 bridgehead atoms. The van der Waals surface area contributed by atoms with Crippen LogP contribution in [0.25, 0.3) is 0 Å². The molecule has 6 heteroatoms. The van der Waals surface area contributed by atoms with Crippen molar-refractivity contribution in [3.8, 4) is 0 Å². The number of hydrogen-bond donors (Lipinski definition) is 2. The van der Waals surface area contributed by atoms with Crippen LogP contribution in [-0.4, -0.2) is 10.9 Å². The average Bonchev–Trinajstić information content (AvgIpc) is 2.27. The summed E-state index contributed by atoms with van der Waals surface area (Å²) in [4.78, 5) is 15.2. The van der Waals surface area contributed by atoms with Crippen LogP contribution in [-0.2, 0) is 0 Å². The van der Waals surface area contributed by atoms with Gasteiger partial charge in [0, 0.05) is 5.70 Å². The molecule has 0 unspecified atom stereocenters. The van der Waals surface area contributed by atoms with Crippen molar-refractivity contribution in [1.29, 1.82) is 0 Å². The zero-order valence-corrected chi connectivity index (χ0v) is 11.8. The van der Waals surface area contributed by atoms with E-state index >= 15 is 0 Å². The average molecular weight is 298 g/mol. The lowest BCUT2D eigenvalue weighted by molar-refractivity contribution is 0.100. The Morgan fingerprint density at radius 3 is 2.74 bits per heavy atom. The number of pyridine rings is 1. The van der Waals surface area contributed by atoms with Gasteiger partial charge in [0.15, 0.2) is 0 Å². The van der Waals surface area contributed by atoms with Crippen LogP contribution in [0.2, 0.25) is 10.3 Å². The van der Waals surface area contributed by atoms with E-state index in [0.717, 1.165) is 0 Å². The van der Waals surface area contributed by atoms with Crippen molar-refractivity contribution in [2.24, 2.45) is 5.73 Å². The summed E-state index contributed by atoms with van der Waals surface area (Å²) in [7, 11) is 0. The second-order valence-electron chi connectivity index (χ2n) is 3.51. The minimum Gasteiger partial charge on any atom is -0.365 e. The molecule has 0 radical (unpaired) electrons. The summed E-state index contributed by atoms with van der Waals surface area (Å²) in [6, 6.07) is 1.48. The fraction of sp³-hybridized carbons (Fsp3) is 0.0769. The van der Waals surface area contributed by atoms with E-state index in [1.807, 2.05) is 13.0 Å². The lowest BCUT2D eigenvalue weighted by atomic mass is 10.2. The van der Waals surface area contributed by atoms with Crippen LogP contribution in [0.1, 0.15) is 17.3 Å². The molecule has 0 fully saturated rings. The Hall–Kier alpha value is -1.78. The second kappa shape index (κ2) is 6.97. The number of nitrogens with zero attached hydrogens (tertiary/aromatic N) is 1. The van der Waals surface area contributed by atoms with E-state index in [2.05, 4.69) is 16.9 Å². The molecule has 0 aromatic carbocycles. The molecule has 0 saturated carbocycles. The summed E-state index contributed by atoms with van der Waals surface area (Å²) in [5.74, 6) is -0.685. The van der Waals surface area contributed by atoms with E-state index in [1.54, 1.807) is 18.2 Å². The van der Waals surface area contributed by atoms with Crippen molar-refractivity contribution in [2.75, 3.05) is 5.32 Å². The van der Waals surface area contributed by atoms with Crippen LogP contribution in [0.15, 0.2) is 42.6 Å². The number of amides is 1. The Balaban J connectivity index is 3.29. The molecule has 0 aliphatic carbocycles. The van der Waals surface area contributed by atoms with Gasteiger partial charge in [0.1, 0.15) is 15.9 Å². The SMILES string of the molecule is C=C/C=C(\C=C/C)Nc1cc(Cl)nc(Cl)c1C(N)=O. The Bertz CT molecular complexity index is 565. The number of halogens is 2. The third kappa shape index (κ3) is 4.12. The van der Waals surface area contributed by atoms with E-state index in [-0.39, 0.29) is 15.9 Å². The first kappa shape index (κ1) is 15.3. The molecule has 0 atom stereocenters. The highest BCUT2D eigenvalue weighted by Gasteiger charge is 2.16. The number of aromatic nitrogens is 1. The summed E-state index contributed by atoms with van der Waals surface area (Å²) in [5, 5.41) is 3.13. The number of primary amides is 1. The smallest absolute Gasteiger partial charge is 0.253 e. The number of carbonyl (C=O) groups is 1. The summed E-state index contributed by atoms with van der Waals surface area (Å²) in [6.45, 7) is 5.47. The van der Waals surface area contributed by atoms with Crippen LogP contribution in [0, 0.1) is 0 Å². The summed E-state index contributed by atoms with van der Waals surface area (Å²) in [5.41, 5.74) is 6.47. The van der Waals surface area contributed by atoms with Gasteiger partial charge in [-0.2, -0.15) is 0 Å². The van der Waals surface area contributed by atoms with Gasteiger partial charge in [-0.1, -0.05) is 41.9 Å². The van der Waals surface area contributed by atoms with Gasteiger partial charge in [-0.05, 0) is 25.1 Å². The first-order valence-corrected chi connectivity index (χ1v) is 6.13. The first-order chi connectivity index (χ1) is 8.99. The molecule has 4 nitrogen and oxygen atoms in total. The molecule has 0 aliphatic rings. The predicted molar refractivity (Wildman–Crippen MR) is 79.5 cm³/mol. The standard InChI is InChI=1S/C13H13Cl2N3O/c1-3-5-8(6-4-2)17-9-7-10(14)18-12(15)11(9)13(16)19/h3-7H,1H2,2H3,(H2,16,19)(H,17,18)/b6-4-,8-5+. The minimum absolute atomic E-state index is 0.0408. The maximum absolute atomic E-state index is 11.4. The van der Waals surface area contributed by atoms with Gasteiger partial charge >= 0.3 is 0 Å². The van der Waals surface area contributed by atoms with E-state index in [9.17, 15) is 4.79 Å². The summed E-state index contributed by atoms with van der Waals surface area (Å²) >= 11 is 11.7. The molecule has 0 aliphatic heterocycles. The van der Waals surface area contributed by atoms with Crippen molar-refractivity contribution < 1.29 is 4.79 Å². The largest absolute Gasteiger partial charge is 0.365 e. The molecular formula is C13H13Cl2N3O. The molecule has 100 valence electrons. The number of rotatable bonds is 5. The van der Waals surface area contributed by atoms with Gasteiger partial charge in [-0.25, -0.2) is 4.98 Å². The third-order valence-electron chi connectivity index (χ3n) is 2.11. The van der Waals surface area contributed by atoms with Crippen LogP contribution in [0.4, 0.5) is 5.69 Å². The van der Waals surface area contributed by atoms with Gasteiger partial charge in [0.05, 0.1) is 5.69 Å². The quantitative estimate of drug-likeness (QED) is 0.645. The molecular weight excluding hydrogens is 285 g/mol. The monoisotopic (exact) mass is 297 g/mol. The Morgan fingerprint density at radius 2 is 2.21 bits per heavy atom. The summed E-state index contributed by atoms with van der Waals surface area (Å²) in [6.07, 6.45) is 6.97. The lowest BCUT2D eigenvalue weighted by Gasteiger charge is -2.12. The van der Waals surface area contributed by atoms with E-state index < -0.39 is 5.91 Å². The Labute approximate surface area is 121 Å². The zero-order valence-electron chi connectivity index (χ0n) is 10.3. The maximum atomic E-state index is 11.4. The van der Waals surface area contributed by atoms with E-state index in [0.29, 0.717) is 11.4 Å². The highest BCUT2D eigenvalue weighted by Crippen LogP contribution is 2.27. The Kier molecular flexibility index (Phi) is 5.60. The van der Waals surface area contributed by atoms with Crippen molar-refractivity contribution in [3.63, 3.8) is 0 Å². The van der Waals surface area contributed by atoms with Crippen molar-refractivity contribution in [3.05, 3.63) is 58.5 Å². The first-order valence-electron chi connectivity index (χ1n) is 5.37. The van der Waals surface area contributed by atoms with E-state index in [4.69, 9.17) is 28.9 Å². The maximum Gasteiger partial charge on any atom is 0.253 e. The normalized spacial score (nSPS) is 11.6. The molecule has 3 N–H and O–H groups in total. The van der Waals surface area contributed by atoms with Gasteiger partial charge in [0.2, 0.25) is 0 Å². The topological polar surface area (TPSA) is 68.0 Å². The number of nitrogens with two attached hydrogens (primary N) is 1. The van der Waals surface area contributed by atoms with Gasteiger partial charge in [0.25, 0.3) is 5.91 Å². The molecule has 1 rings (SSSR count). The van der Waals surface area contributed by atoms with Crippen LogP contribution in [0.3, 0.4) is 0 Å². The highest BCUT2D eigenvalue weighted by molar-refractivity contribution is 6.35. The molecule has 1 amide bonds. The Morgan fingerprint density at radius 1 is 1.53 bits per heavy atom. The second-order valence-corrected chi connectivity index (χ2v) is 4.25. The van der Waals surface area contributed by atoms with Crippen LogP contribution < -0.4 is 11.1 Å². The molecule has 1 aromatic rings. The van der Waals surface area contributed by atoms with Crippen LogP contribution in [0.5, 0.6) is 0 Å². The molecule has 1 aromatic heterocycles. The van der Waals surface area contributed by atoms with Crippen molar-refractivity contribution in [2.45, 2.75) is 6.92 Å². The van der Waals surface area contributed by atoms with Gasteiger partial charge in [-0.15, -0.1) is 0 Å². The van der Waals surface area contributed by atoms with Gasteiger partial charge in [-0.3, -0.25) is 4.79 Å². The molecule has 1 heterocycles. The van der Waals surface area contributed by atoms with Crippen molar-refractivity contribution in [1.82, 2.24) is 4.98 Å². The fourth-order valence-corrected chi connectivity index (χ4v) is 1.94.